The lowest BCUT2D eigenvalue weighted by molar-refractivity contribution is 0.163. The van der Waals surface area contributed by atoms with Gasteiger partial charge < -0.3 is 15.5 Å². The lowest BCUT2D eigenvalue weighted by Crippen LogP contribution is -2.42. The molecule has 0 aliphatic heterocycles. The van der Waals surface area contributed by atoms with Crippen molar-refractivity contribution < 1.29 is 10.2 Å². The Labute approximate surface area is 88.4 Å². The summed E-state index contributed by atoms with van der Waals surface area (Å²) in [6.45, 7) is 2.00. The van der Waals surface area contributed by atoms with E-state index >= 15 is 0 Å². The standard InChI is InChI=1S/C10H17NO2S/c1-8(11-10(5-12)6-13)4-9-2-3-14-7-9/h2-3,7-8,10-13H,4-6H2,1H3. The van der Waals surface area contributed by atoms with Crippen molar-refractivity contribution in [1.82, 2.24) is 5.32 Å². The van der Waals surface area contributed by atoms with Crippen LogP contribution in [0.25, 0.3) is 0 Å². The molecule has 0 fully saturated rings. The van der Waals surface area contributed by atoms with Crippen LogP contribution >= 0.6 is 11.3 Å². The highest BCUT2D eigenvalue weighted by Crippen LogP contribution is 2.08. The normalized spacial score (nSPS) is 13.4. The number of hydrogen-bond donors (Lipinski definition) is 3. The number of thiophene rings is 1. The van der Waals surface area contributed by atoms with E-state index in [9.17, 15) is 0 Å². The van der Waals surface area contributed by atoms with Gasteiger partial charge in [0.2, 0.25) is 0 Å². The lowest BCUT2D eigenvalue weighted by atomic mass is 10.1. The third kappa shape index (κ3) is 3.75. The Balaban J connectivity index is 2.31. The Bertz CT molecular complexity index is 234. The summed E-state index contributed by atoms with van der Waals surface area (Å²) in [5, 5.41) is 25.1. The fourth-order valence-corrected chi connectivity index (χ4v) is 2.07. The molecule has 0 aliphatic rings. The van der Waals surface area contributed by atoms with Gasteiger partial charge in [0.15, 0.2) is 0 Å². The molecule has 1 aromatic rings. The molecule has 0 bridgehead atoms. The molecule has 1 rings (SSSR count). The van der Waals surface area contributed by atoms with Crippen LogP contribution in [0.5, 0.6) is 0 Å². The van der Waals surface area contributed by atoms with Crippen LogP contribution in [0.3, 0.4) is 0 Å². The van der Waals surface area contributed by atoms with E-state index in [1.54, 1.807) is 11.3 Å². The van der Waals surface area contributed by atoms with Gasteiger partial charge in [0.25, 0.3) is 0 Å². The van der Waals surface area contributed by atoms with Crippen LogP contribution in [0.15, 0.2) is 16.8 Å². The van der Waals surface area contributed by atoms with Crippen LogP contribution in [-0.2, 0) is 6.42 Å². The lowest BCUT2D eigenvalue weighted by Gasteiger charge is -2.19. The number of nitrogens with one attached hydrogen (secondary N) is 1. The van der Waals surface area contributed by atoms with Gasteiger partial charge in [-0.15, -0.1) is 0 Å². The predicted octanol–water partition coefficient (Wildman–Crippen LogP) is 0.622. The van der Waals surface area contributed by atoms with Crippen molar-refractivity contribution in [3.8, 4) is 0 Å². The van der Waals surface area contributed by atoms with Crippen molar-refractivity contribution in [2.75, 3.05) is 13.2 Å². The maximum atomic E-state index is 8.88. The second kappa shape index (κ2) is 6.14. The van der Waals surface area contributed by atoms with Gasteiger partial charge in [0, 0.05) is 6.04 Å². The maximum Gasteiger partial charge on any atom is 0.0607 e. The molecule has 1 atom stereocenters. The molecule has 1 unspecified atom stereocenters. The fourth-order valence-electron chi connectivity index (χ4n) is 1.39. The van der Waals surface area contributed by atoms with Crippen molar-refractivity contribution in [3.05, 3.63) is 22.4 Å². The van der Waals surface area contributed by atoms with Gasteiger partial charge >= 0.3 is 0 Å². The highest BCUT2D eigenvalue weighted by molar-refractivity contribution is 7.07. The summed E-state index contributed by atoms with van der Waals surface area (Å²) >= 11 is 1.69. The van der Waals surface area contributed by atoms with Gasteiger partial charge in [-0.2, -0.15) is 11.3 Å². The minimum absolute atomic E-state index is 0.0233. The van der Waals surface area contributed by atoms with Crippen LogP contribution in [0.1, 0.15) is 12.5 Å². The third-order valence-electron chi connectivity index (χ3n) is 2.08. The topological polar surface area (TPSA) is 52.5 Å². The number of hydrogen-bond acceptors (Lipinski definition) is 4. The zero-order chi connectivity index (χ0) is 10.4. The average molecular weight is 215 g/mol. The summed E-state index contributed by atoms with van der Waals surface area (Å²) in [6, 6.07) is 2.16. The first kappa shape index (κ1) is 11.7. The van der Waals surface area contributed by atoms with Gasteiger partial charge in [0.05, 0.1) is 19.3 Å². The van der Waals surface area contributed by atoms with Crippen LogP contribution in [-0.4, -0.2) is 35.5 Å². The predicted molar refractivity (Wildman–Crippen MR) is 58.6 cm³/mol. The molecule has 0 aliphatic carbocycles. The fraction of sp³-hybridized carbons (Fsp3) is 0.600. The van der Waals surface area contributed by atoms with Crippen LogP contribution in [0, 0.1) is 0 Å². The van der Waals surface area contributed by atoms with Crippen LogP contribution in [0.4, 0.5) is 0 Å². The van der Waals surface area contributed by atoms with E-state index in [4.69, 9.17) is 10.2 Å². The summed E-state index contributed by atoms with van der Waals surface area (Å²) in [6.07, 6.45) is 0.931. The SMILES string of the molecule is CC(Cc1ccsc1)NC(CO)CO. The van der Waals surface area contributed by atoms with E-state index in [1.165, 1.54) is 5.56 Å². The van der Waals surface area contributed by atoms with E-state index in [0.29, 0.717) is 0 Å². The largest absolute Gasteiger partial charge is 0.395 e. The minimum Gasteiger partial charge on any atom is -0.395 e. The monoisotopic (exact) mass is 215 g/mol. The molecule has 0 radical (unpaired) electrons. The Morgan fingerprint density at radius 2 is 2.14 bits per heavy atom. The van der Waals surface area contributed by atoms with Crippen LogP contribution < -0.4 is 5.32 Å². The first-order chi connectivity index (χ1) is 6.76. The van der Waals surface area contributed by atoms with Gasteiger partial charge in [-0.25, -0.2) is 0 Å². The quantitative estimate of drug-likeness (QED) is 0.652. The van der Waals surface area contributed by atoms with Crippen molar-refractivity contribution in [2.24, 2.45) is 0 Å². The highest BCUT2D eigenvalue weighted by Gasteiger charge is 2.10. The smallest absolute Gasteiger partial charge is 0.0607 e. The summed E-state index contributed by atoms with van der Waals surface area (Å²) in [4.78, 5) is 0. The molecule has 1 heterocycles. The summed E-state index contributed by atoms with van der Waals surface area (Å²) in [7, 11) is 0. The van der Waals surface area contributed by atoms with Crippen molar-refractivity contribution in [2.45, 2.75) is 25.4 Å². The molecule has 14 heavy (non-hydrogen) atoms. The Hall–Kier alpha value is -0.420. The van der Waals surface area contributed by atoms with E-state index in [-0.39, 0.29) is 25.3 Å². The Kier molecular flexibility index (Phi) is 5.11. The van der Waals surface area contributed by atoms with E-state index in [0.717, 1.165) is 6.42 Å². The summed E-state index contributed by atoms with van der Waals surface area (Å²) in [5.41, 5.74) is 1.30. The molecule has 0 saturated heterocycles. The summed E-state index contributed by atoms with van der Waals surface area (Å²) < 4.78 is 0. The molecule has 0 amide bonds. The number of aliphatic hydroxyl groups excluding tert-OH is 2. The highest BCUT2D eigenvalue weighted by atomic mass is 32.1. The summed E-state index contributed by atoms with van der Waals surface area (Å²) in [5.74, 6) is 0. The van der Waals surface area contributed by atoms with Gasteiger partial charge in [0.1, 0.15) is 0 Å². The van der Waals surface area contributed by atoms with Gasteiger partial charge in [-0.3, -0.25) is 0 Å². The molecule has 0 aromatic carbocycles. The van der Waals surface area contributed by atoms with Gasteiger partial charge in [-0.1, -0.05) is 0 Å². The van der Waals surface area contributed by atoms with E-state index < -0.39 is 0 Å². The number of aliphatic hydroxyl groups is 2. The van der Waals surface area contributed by atoms with Gasteiger partial charge in [-0.05, 0) is 35.7 Å². The first-order valence-electron chi connectivity index (χ1n) is 4.75. The number of rotatable bonds is 6. The molecule has 3 nitrogen and oxygen atoms in total. The molecular formula is C10H17NO2S. The van der Waals surface area contributed by atoms with E-state index in [2.05, 4.69) is 29.1 Å². The van der Waals surface area contributed by atoms with Crippen molar-refractivity contribution in [3.63, 3.8) is 0 Å². The van der Waals surface area contributed by atoms with Crippen molar-refractivity contribution in [1.29, 1.82) is 0 Å². The second-order valence-electron chi connectivity index (χ2n) is 3.47. The average Bonchev–Trinajstić information content (AvgIpc) is 2.66. The molecule has 0 saturated carbocycles. The van der Waals surface area contributed by atoms with E-state index in [1.807, 2.05) is 0 Å². The second-order valence-corrected chi connectivity index (χ2v) is 4.25. The first-order valence-corrected chi connectivity index (χ1v) is 5.69. The zero-order valence-electron chi connectivity index (χ0n) is 8.31. The maximum absolute atomic E-state index is 8.88. The zero-order valence-corrected chi connectivity index (χ0v) is 9.13. The molecule has 4 heteroatoms. The molecular weight excluding hydrogens is 198 g/mol. The molecule has 3 N–H and O–H groups in total. The third-order valence-corrected chi connectivity index (χ3v) is 2.82. The Morgan fingerprint density at radius 3 is 2.64 bits per heavy atom. The van der Waals surface area contributed by atoms with Crippen molar-refractivity contribution >= 4 is 11.3 Å². The van der Waals surface area contributed by atoms with Crippen LogP contribution in [0.2, 0.25) is 0 Å². The molecule has 80 valence electrons. The molecule has 1 aromatic heterocycles. The minimum atomic E-state index is -0.205. The Morgan fingerprint density at radius 1 is 1.43 bits per heavy atom. The molecule has 0 spiro atoms.